The van der Waals surface area contributed by atoms with Crippen molar-refractivity contribution in [1.82, 2.24) is 0 Å². The van der Waals surface area contributed by atoms with Crippen molar-refractivity contribution in [2.45, 2.75) is 71.6 Å². The lowest BCUT2D eigenvalue weighted by atomic mass is 9.58. The zero-order valence-corrected chi connectivity index (χ0v) is 10.5. The molecule has 3 saturated carbocycles. The maximum Gasteiger partial charge on any atom is -0.0215 e. The Balaban J connectivity index is 1.88. The van der Waals surface area contributed by atoms with E-state index in [1.54, 1.807) is 38.5 Å². The molecule has 0 unspecified atom stereocenters. The third-order valence-corrected chi connectivity index (χ3v) is 6.57. The van der Waals surface area contributed by atoms with E-state index < -0.39 is 0 Å². The minimum atomic E-state index is 0.676. The third kappa shape index (κ3) is 1.20. The monoisotopic (exact) mass is 206 g/mol. The summed E-state index contributed by atoms with van der Waals surface area (Å²) in [6, 6.07) is 0. The van der Waals surface area contributed by atoms with Crippen LogP contribution in [-0.2, 0) is 0 Å². The maximum absolute atomic E-state index is 2.59. The summed E-state index contributed by atoms with van der Waals surface area (Å²) < 4.78 is 0. The predicted molar refractivity (Wildman–Crippen MR) is 64.7 cm³/mol. The summed E-state index contributed by atoms with van der Waals surface area (Å²) in [6.45, 7) is 5.18. The van der Waals surface area contributed by atoms with Crippen LogP contribution >= 0.6 is 0 Å². The van der Waals surface area contributed by atoms with Crippen molar-refractivity contribution >= 4 is 0 Å². The summed E-state index contributed by atoms with van der Waals surface area (Å²) in [5.41, 5.74) is 1.45. The van der Waals surface area contributed by atoms with Crippen molar-refractivity contribution < 1.29 is 0 Å². The van der Waals surface area contributed by atoms with Gasteiger partial charge >= 0.3 is 0 Å². The van der Waals surface area contributed by atoms with Gasteiger partial charge < -0.3 is 0 Å². The first-order valence-corrected chi connectivity index (χ1v) is 7.17. The number of hydrogen-bond donors (Lipinski definition) is 0. The SMILES string of the molecule is CC1(C)C2CCC1(C1CCCCC1)CC2. The third-order valence-electron chi connectivity index (χ3n) is 6.57. The second kappa shape index (κ2) is 3.25. The molecule has 0 nitrogen and oxygen atoms in total. The lowest BCUT2D eigenvalue weighted by Gasteiger charge is -2.46. The summed E-state index contributed by atoms with van der Waals surface area (Å²) in [4.78, 5) is 0. The molecule has 86 valence electrons. The number of rotatable bonds is 1. The predicted octanol–water partition coefficient (Wildman–Crippen LogP) is 4.78. The van der Waals surface area contributed by atoms with E-state index in [2.05, 4.69) is 13.8 Å². The largest absolute Gasteiger partial charge is 0.0591 e. The minimum Gasteiger partial charge on any atom is -0.0591 e. The average Bonchev–Trinajstić information content (AvgIpc) is 2.68. The van der Waals surface area contributed by atoms with Gasteiger partial charge in [-0.05, 0) is 61.2 Å². The molecule has 3 fully saturated rings. The quantitative estimate of drug-likeness (QED) is 0.579. The molecule has 0 amide bonds. The van der Waals surface area contributed by atoms with Crippen LogP contribution in [-0.4, -0.2) is 0 Å². The summed E-state index contributed by atoms with van der Waals surface area (Å²) >= 11 is 0. The maximum atomic E-state index is 2.59. The first-order chi connectivity index (χ1) is 7.17. The minimum absolute atomic E-state index is 0.676. The van der Waals surface area contributed by atoms with E-state index in [-0.39, 0.29) is 0 Å². The molecule has 0 N–H and O–H groups in total. The van der Waals surface area contributed by atoms with Crippen LogP contribution in [0, 0.1) is 22.7 Å². The van der Waals surface area contributed by atoms with Gasteiger partial charge in [-0.15, -0.1) is 0 Å². The molecule has 0 heteroatoms. The van der Waals surface area contributed by atoms with Crippen molar-refractivity contribution in [3.05, 3.63) is 0 Å². The van der Waals surface area contributed by atoms with Gasteiger partial charge in [0.05, 0.1) is 0 Å². The fourth-order valence-electron chi connectivity index (χ4n) is 5.50. The molecule has 2 bridgehead atoms. The van der Waals surface area contributed by atoms with E-state index in [1.807, 2.05) is 0 Å². The van der Waals surface area contributed by atoms with Crippen LogP contribution in [0.1, 0.15) is 71.6 Å². The van der Waals surface area contributed by atoms with Gasteiger partial charge in [-0.1, -0.05) is 33.1 Å². The molecule has 0 atom stereocenters. The average molecular weight is 206 g/mol. The van der Waals surface area contributed by atoms with Gasteiger partial charge in [-0.2, -0.15) is 0 Å². The van der Waals surface area contributed by atoms with E-state index in [9.17, 15) is 0 Å². The zero-order valence-electron chi connectivity index (χ0n) is 10.5. The summed E-state index contributed by atoms with van der Waals surface area (Å²) in [6.07, 6.45) is 13.9. The second-order valence-electron chi connectivity index (χ2n) is 6.99. The van der Waals surface area contributed by atoms with Crippen LogP contribution in [0.5, 0.6) is 0 Å². The van der Waals surface area contributed by atoms with Gasteiger partial charge in [0, 0.05) is 0 Å². The highest BCUT2D eigenvalue weighted by molar-refractivity contribution is 5.10. The van der Waals surface area contributed by atoms with Crippen LogP contribution in [0.3, 0.4) is 0 Å². The molecule has 0 aromatic rings. The van der Waals surface area contributed by atoms with E-state index >= 15 is 0 Å². The molecule has 0 aromatic heterocycles. The molecule has 0 saturated heterocycles. The fraction of sp³-hybridized carbons (Fsp3) is 1.00. The topological polar surface area (TPSA) is 0 Å². The van der Waals surface area contributed by atoms with Gasteiger partial charge in [-0.3, -0.25) is 0 Å². The van der Waals surface area contributed by atoms with Crippen molar-refractivity contribution in [2.75, 3.05) is 0 Å². The van der Waals surface area contributed by atoms with Crippen molar-refractivity contribution in [3.8, 4) is 0 Å². The van der Waals surface area contributed by atoms with E-state index in [0.717, 1.165) is 17.3 Å². The molecule has 3 rings (SSSR count). The van der Waals surface area contributed by atoms with Crippen LogP contribution in [0.25, 0.3) is 0 Å². The van der Waals surface area contributed by atoms with E-state index in [1.165, 1.54) is 19.3 Å². The first-order valence-electron chi connectivity index (χ1n) is 7.17. The molecule has 0 spiro atoms. The van der Waals surface area contributed by atoms with Gasteiger partial charge in [-0.25, -0.2) is 0 Å². The van der Waals surface area contributed by atoms with Crippen LogP contribution < -0.4 is 0 Å². The molecule has 15 heavy (non-hydrogen) atoms. The van der Waals surface area contributed by atoms with Crippen LogP contribution in [0.2, 0.25) is 0 Å². The molecular weight excluding hydrogens is 180 g/mol. The normalized spacial score (nSPS) is 44.8. The lowest BCUT2D eigenvalue weighted by molar-refractivity contribution is 0.0287. The highest BCUT2D eigenvalue weighted by Crippen LogP contribution is 2.70. The van der Waals surface area contributed by atoms with Gasteiger partial charge in [0.25, 0.3) is 0 Å². The Labute approximate surface area is 94.8 Å². The molecular formula is C15H26. The second-order valence-corrected chi connectivity index (χ2v) is 6.99. The summed E-state index contributed by atoms with van der Waals surface area (Å²) in [7, 11) is 0. The Morgan fingerprint density at radius 2 is 1.33 bits per heavy atom. The number of fused-ring (bicyclic) bond motifs is 2. The van der Waals surface area contributed by atoms with Crippen LogP contribution in [0.15, 0.2) is 0 Å². The first kappa shape index (κ1) is 10.2. The lowest BCUT2D eigenvalue weighted by Crippen LogP contribution is -2.38. The molecule has 0 heterocycles. The van der Waals surface area contributed by atoms with E-state index in [4.69, 9.17) is 0 Å². The standard InChI is InChI=1S/C15H26/c1-14(2)12-8-10-15(14,11-9-12)13-6-4-3-5-7-13/h12-13H,3-11H2,1-2H3. The summed E-state index contributed by atoms with van der Waals surface area (Å²) in [5, 5.41) is 0. The fourth-order valence-corrected chi connectivity index (χ4v) is 5.50. The molecule has 3 aliphatic rings. The Bertz CT molecular complexity index is 237. The summed E-state index contributed by atoms with van der Waals surface area (Å²) in [5.74, 6) is 2.16. The van der Waals surface area contributed by atoms with Crippen molar-refractivity contribution in [3.63, 3.8) is 0 Å². The Morgan fingerprint density at radius 3 is 1.80 bits per heavy atom. The molecule has 0 aromatic carbocycles. The molecule has 0 radical (unpaired) electrons. The van der Waals surface area contributed by atoms with E-state index in [0.29, 0.717) is 5.41 Å². The van der Waals surface area contributed by atoms with Gasteiger partial charge in [0.2, 0.25) is 0 Å². The molecule has 3 aliphatic carbocycles. The highest BCUT2D eigenvalue weighted by atomic mass is 14.7. The van der Waals surface area contributed by atoms with Gasteiger partial charge in [0.15, 0.2) is 0 Å². The molecule has 0 aliphatic heterocycles. The number of hydrogen-bond acceptors (Lipinski definition) is 0. The Morgan fingerprint density at radius 1 is 0.733 bits per heavy atom. The van der Waals surface area contributed by atoms with Crippen molar-refractivity contribution in [1.29, 1.82) is 0 Å². The highest BCUT2D eigenvalue weighted by Gasteiger charge is 2.61. The Kier molecular flexibility index (Phi) is 2.20. The van der Waals surface area contributed by atoms with Crippen LogP contribution in [0.4, 0.5) is 0 Å². The van der Waals surface area contributed by atoms with Gasteiger partial charge in [0.1, 0.15) is 0 Å². The smallest absolute Gasteiger partial charge is 0.0215 e. The van der Waals surface area contributed by atoms with Crippen molar-refractivity contribution in [2.24, 2.45) is 22.7 Å². The zero-order chi connectivity index (χ0) is 10.5. The Hall–Kier alpha value is 0.